The number of ether oxygens (including phenoxy) is 1. The first kappa shape index (κ1) is 19.0. The van der Waals surface area contributed by atoms with Crippen LogP contribution >= 0.6 is 0 Å². The fourth-order valence-corrected chi connectivity index (χ4v) is 2.08. The molecule has 1 amide bonds. The third-order valence-electron chi connectivity index (χ3n) is 3.45. The highest BCUT2D eigenvalue weighted by Crippen LogP contribution is 2.35. The lowest BCUT2D eigenvalue weighted by Gasteiger charge is -2.27. The minimum Gasteiger partial charge on any atom is -0.483 e. The molecule has 0 saturated heterocycles. The maximum Gasteiger partial charge on any atom is 0.322 e. The first-order valence-electron chi connectivity index (χ1n) is 7.67. The Morgan fingerprint density at radius 1 is 1.09 bits per heavy atom. The van der Waals surface area contributed by atoms with Crippen molar-refractivity contribution in [3.8, 4) is 5.75 Å². The van der Waals surface area contributed by atoms with Gasteiger partial charge in [0.05, 0.1) is 0 Å². The number of hydrogen-bond donors (Lipinski definition) is 2. The molecule has 5 heteroatoms. The summed E-state index contributed by atoms with van der Waals surface area (Å²) in [4.78, 5) is 22.0. The lowest BCUT2D eigenvalue weighted by atomic mass is 9.80. The Morgan fingerprint density at radius 3 is 2.17 bits per heavy atom. The van der Waals surface area contributed by atoms with Gasteiger partial charge >= 0.3 is 5.97 Å². The van der Waals surface area contributed by atoms with E-state index < -0.39 is 18.4 Å². The van der Waals surface area contributed by atoms with Crippen LogP contribution in [0.2, 0.25) is 0 Å². The van der Waals surface area contributed by atoms with Crippen molar-refractivity contribution in [3.05, 3.63) is 29.3 Å². The molecule has 0 spiro atoms. The first-order chi connectivity index (χ1) is 10.4. The second kappa shape index (κ2) is 7.02. The van der Waals surface area contributed by atoms with Crippen LogP contribution in [0.25, 0.3) is 0 Å². The van der Waals surface area contributed by atoms with E-state index in [9.17, 15) is 9.59 Å². The summed E-state index contributed by atoms with van der Waals surface area (Å²) in [6.45, 7) is 12.1. The van der Waals surface area contributed by atoms with Crippen molar-refractivity contribution in [2.24, 2.45) is 0 Å². The Hall–Kier alpha value is -2.04. The smallest absolute Gasteiger partial charge is 0.322 e. The number of aliphatic carboxylic acids is 1. The molecule has 0 aliphatic heterocycles. The summed E-state index contributed by atoms with van der Waals surface area (Å²) in [6, 6.07) is 6.00. The van der Waals surface area contributed by atoms with Gasteiger partial charge in [0.15, 0.2) is 6.61 Å². The molecule has 0 bridgehead atoms. The molecule has 5 nitrogen and oxygen atoms in total. The first-order valence-corrected chi connectivity index (χ1v) is 7.67. The summed E-state index contributed by atoms with van der Waals surface area (Å²) in [6.07, 6.45) is 0. The largest absolute Gasteiger partial charge is 0.483 e. The highest BCUT2D eigenvalue weighted by Gasteiger charge is 2.23. The van der Waals surface area contributed by atoms with Crippen molar-refractivity contribution in [3.63, 3.8) is 0 Å². The molecule has 23 heavy (non-hydrogen) atoms. The fraction of sp³-hybridized carbons (Fsp3) is 0.556. The number of carboxylic acids is 1. The van der Waals surface area contributed by atoms with E-state index in [4.69, 9.17) is 9.84 Å². The lowest BCUT2D eigenvalue weighted by Crippen LogP contribution is -2.33. The quantitative estimate of drug-likeness (QED) is 0.874. The molecule has 0 radical (unpaired) electrons. The minimum atomic E-state index is -1.08. The molecule has 128 valence electrons. The van der Waals surface area contributed by atoms with Crippen molar-refractivity contribution in [1.29, 1.82) is 0 Å². The minimum absolute atomic E-state index is 0.0252. The van der Waals surface area contributed by atoms with Crippen molar-refractivity contribution >= 4 is 11.9 Å². The zero-order chi connectivity index (χ0) is 17.8. The van der Waals surface area contributed by atoms with Crippen LogP contribution in [-0.2, 0) is 20.4 Å². The normalized spacial score (nSPS) is 11.9. The molecule has 0 aliphatic carbocycles. The zero-order valence-corrected chi connectivity index (χ0v) is 14.8. The van der Waals surface area contributed by atoms with Crippen LogP contribution in [0.1, 0.15) is 52.7 Å². The van der Waals surface area contributed by atoms with Gasteiger partial charge in [-0.3, -0.25) is 9.59 Å². The van der Waals surface area contributed by atoms with E-state index in [0.717, 1.165) is 5.56 Å². The van der Waals surface area contributed by atoms with Gasteiger partial charge in [-0.1, -0.05) is 53.7 Å². The van der Waals surface area contributed by atoms with Gasteiger partial charge in [-0.2, -0.15) is 0 Å². The zero-order valence-electron chi connectivity index (χ0n) is 14.8. The summed E-state index contributed by atoms with van der Waals surface area (Å²) in [5.41, 5.74) is 2.12. The molecule has 0 fully saturated rings. The van der Waals surface area contributed by atoms with Gasteiger partial charge < -0.3 is 15.2 Å². The Labute approximate surface area is 138 Å². The van der Waals surface area contributed by atoms with Crippen molar-refractivity contribution in [2.45, 2.75) is 52.4 Å². The van der Waals surface area contributed by atoms with Crippen LogP contribution in [0.3, 0.4) is 0 Å². The third-order valence-corrected chi connectivity index (χ3v) is 3.45. The van der Waals surface area contributed by atoms with Gasteiger partial charge in [0, 0.05) is 0 Å². The molecule has 0 heterocycles. The summed E-state index contributed by atoms with van der Waals surface area (Å²) >= 11 is 0. The van der Waals surface area contributed by atoms with E-state index in [0.29, 0.717) is 5.75 Å². The van der Waals surface area contributed by atoms with E-state index in [1.54, 1.807) is 0 Å². The predicted octanol–water partition coefficient (Wildman–Crippen LogP) is 2.86. The molecule has 1 aromatic carbocycles. The molecule has 0 saturated carbocycles. The van der Waals surface area contributed by atoms with Crippen molar-refractivity contribution < 1.29 is 19.4 Å². The predicted molar refractivity (Wildman–Crippen MR) is 90.0 cm³/mol. The van der Waals surface area contributed by atoms with E-state index in [1.807, 2.05) is 12.1 Å². The topological polar surface area (TPSA) is 75.6 Å². The number of rotatable bonds is 5. The highest BCUT2D eigenvalue weighted by molar-refractivity contribution is 5.82. The van der Waals surface area contributed by atoms with E-state index in [-0.39, 0.29) is 17.4 Å². The number of amides is 1. The number of carbonyl (C=O) groups is 2. The van der Waals surface area contributed by atoms with Gasteiger partial charge in [-0.05, 0) is 28.0 Å². The summed E-state index contributed by atoms with van der Waals surface area (Å²) in [5.74, 6) is -0.883. The third kappa shape index (κ3) is 5.93. The van der Waals surface area contributed by atoms with Gasteiger partial charge in [-0.15, -0.1) is 0 Å². The Bertz CT molecular complexity index is 580. The second-order valence-electron chi connectivity index (χ2n) is 7.67. The molecule has 0 unspecified atom stereocenters. The van der Waals surface area contributed by atoms with Gasteiger partial charge in [0.1, 0.15) is 12.3 Å². The van der Waals surface area contributed by atoms with Gasteiger partial charge in [-0.25, -0.2) is 0 Å². The average molecular weight is 321 g/mol. The van der Waals surface area contributed by atoms with E-state index in [2.05, 4.69) is 52.9 Å². The Balaban J connectivity index is 2.94. The van der Waals surface area contributed by atoms with Crippen LogP contribution < -0.4 is 10.1 Å². The molecular formula is C18H27NO4. The van der Waals surface area contributed by atoms with Gasteiger partial charge in [0.25, 0.3) is 5.91 Å². The monoisotopic (exact) mass is 321 g/mol. The molecular weight excluding hydrogens is 294 g/mol. The maximum absolute atomic E-state index is 11.6. The molecule has 2 N–H and O–H groups in total. The number of carboxylic acid groups (broad SMARTS) is 1. The van der Waals surface area contributed by atoms with Crippen LogP contribution in [0, 0.1) is 0 Å². The van der Waals surface area contributed by atoms with Crippen LogP contribution in [-0.4, -0.2) is 30.1 Å². The standard InChI is InChI=1S/C18H27NO4/c1-17(2,3)12-7-8-14(13(9-12)18(4,5)6)23-11-15(20)19-10-16(21)22/h7-9H,10-11H2,1-6H3,(H,19,20)(H,21,22). The number of carbonyl (C=O) groups excluding carboxylic acids is 1. The number of hydrogen-bond acceptors (Lipinski definition) is 3. The van der Waals surface area contributed by atoms with Crippen LogP contribution in [0.5, 0.6) is 5.75 Å². The fourth-order valence-electron chi connectivity index (χ4n) is 2.08. The van der Waals surface area contributed by atoms with Crippen molar-refractivity contribution in [2.75, 3.05) is 13.2 Å². The summed E-state index contributed by atoms with van der Waals surface area (Å²) in [5, 5.41) is 10.8. The summed E-state index contributed by atoms with van der Waals surface area (Å²) < 4.78 is 5.62. The molecule has 1 aromatic rings. The number of benzene rings is 1. The second-order valence-corrected chi connectivity index (χ2v) is 7.67. The van der Waals surface area contributed by atoms with Crippen LogP contribution in [0.15, 0.2) is 18.2 Å². The Kier molecular flexibility index (Phi) is 5.81. The number of nitrogens with one attached hydrogen (secondary N) is 1. The molecule has 0 aromatic heterocycles. The maximum atomic E-state index is 11.6. The average Bonchev–Trinajstić information content (AvgIpc) is 2.40. The van der Waals surface area contributed by atoms with E-state index >= 15 is 0 Å². The molecule has 0 aliphatic rings. The summed E-state index contributed by atoms with van der Waals surface area (Å²) in [7, 11) is 0. The molecule has 0 atom stereocenters. The highest BCUT2D eigenvalue weighted by atomic mass is 16.5. The van der Waals surface area contributed by atoms with Crippen LogP contribution in [0.4, 0.5) is 0 Å². The van der Waals surface area contributed by atoms with Gasteiger partial charge in [0.2, 0.25) is 0 Å². The van der Waals surface area contributed by atoms with Crippen molar-refractivity contribution in [1.82, 2.24) is 5.32 Å². The Morgan fingerprint density at radius 2 is 1.70 bits per heavy atom. The van der Waals surface area contributed by atoms with E-state index in [1.165, 1.54) is 5.56 Å². The molecule has 1 rings (SSSR count). The SMILES string of the molecule is CC(C)(C)c1ccc(OCC(=O)NCC(=O)O)c(C(C)(C)C)c1. The lowest BCUT2D eigenvalue weighted by molar-refractivity contribution is -0.138.